The molecule has 2 aromatic rings. The molecular weight excluding hydrogens is 271 g/mol. The Morgan fingerprint density at radius 1 is 1.53 bits per heavy atom. The van der Waals surface area contributed by atoms with Crippen molar-refractivity contribution in [1.29, 1.82) is 0 Å². The van der Waals surface area contributed by atoms with Crippen molar-refractivity contribution in [3.63, 3.8) is 0 Å². The molecule has 0 saturated carbocycles. The van der Waals surface area contributed by atoms with E-state index in [1.165, 1.54) is 6.20 Å². The van der Waals surface area contributed by atoms with Gasteiger partial charge in [-0.1, -0.05) is 22.8 Å². The van der Waals surface area contributed by atoms with Crippen molar-refractivity contribution in [2.24, 2.45) is 0 Å². The van der Waals surface area contributed by atoms with Crippen LogP contribution in [0, 0.1) is 6.92 Å². The van der Waals surface area contributed by atoms with Gasteiger partial charge in [-0.25, -0.2) is 4.39 Å². The predicted molar refractivity (Wildman–Crippen MR) is 68.7 cm³/mol. The van der Waals surface area contributed by atoms with Crippen molar-refractivity contribution < 1.29 is 13.7 Å². The SMILES string of the molecule is Cc1oncc1C(=O)NCc1ccc(Cl)c(CF)c1. The van der Waals surface area contributed by atoms with Gasteiger partial charge in [-0.2, -0.15) is 0 Å². The van der Waals surface area contributed by atoms with Crippen LogP contribution in [-0.2, 0) is 13.2 Å². The number of hydrogen-bond donors (Lipinski definition) is 1. The minimum absolute atomic E-state index is 0.282. The number of amides is 1. The molecule has 1 heterocycles. The van der Waals surface area contributed by atoms with Crippen LogP contribution in [0.1, 0.15) is 27.2 Å². The molecular formula is C13H12ClFN2O2. The number of carbonyl (C=O) groups excluding carboxylic acids is 1. The van der Waals surface area contributed by atoms with Gasteiger partial charge in [0.05, 0.1) is 6.20 Å². The third kappa shape index (κ3) is 3.12. The van der Waals surface area contributed by atoms with Crippen LogP contribution in [0.25, 0.3) is 0 Å². The molecule has 0 unspecified atom stereocenters. The van der Waals surface area contributed by atoms with Gasteiger partial charge in [0.2, 0.25) is 0 Å². The normalized spacial score (nSPS) is 10.5. The van der Waals surface area contributed by atoms with Crippen molar-refractivity contribution in [2.45, 2.75) is 20.1 Å². The Balaban J connectivity index is 2.03. The Labute approximate surface area is 114 Å². The largest absolute Gasteiger partial charge is 0.361 e. The number of benzene rings is 1. The molecule has 0 radical (unpaired) electrons. The van der Waals surface area contributed by atoms with Crippen LogP contribution in [0.4, 0.5) is 4.39 Å². The first-order valence-electron chi connectivity index (χ1n) is 5.64. The zero-order valence-corrected chi connectivity index (χ0v) is 11.0. The van der Waals surface area contributed by atoms with Crippen LogP contribution in [0.5, 0.6) is 0 Å². The van der Waals surface area contributed by atoms with Crippen molar-refractivity contribution in [1.82, 2.24) is 10.5 Å². The Bertz CT molecular complexity index is 598. The zero-order valence-electron chi connectivity index (χ0n) is 10.2. The van der Waals surface area contributed by atoms with Gasteiger partial charge < -0.3 is 9.84 Å². The number of nitrogens with zero attached hydrogens (tertiary/aromatic N) is 1. The van der Waals surface area contributed by atoms with Gasteiger partial charge in [0.15, 0.2) is 0 Å². The lowest BCUT2D eigenvalue weighted by Crippen LogP contribution is -2.23. The molecule has 0 atom stereocenters. The van der Waals surface area contributed by atoms with E-state index in [2.05, 4.69) is 10.5 Å². The Kier molecular flexibility index (Phi) is 4.16. The molecule has 2 rings (SSSR count). The molecule has 0 aliphatic rings. The number of aryl methyl sites for hydroxylation is 1. The first kappa shape index (κ1) is 13.5. The highest BCUT2D eigenvalue weighted by Gasteiger charge is 2.12. The van der Waals surface area contributed by atoms with E-state index in [1.807, 2.05) is 0 Å². The maximum Gasteiger partial charge on any atom is 0.256 e. The molecule has 100 valence electrons. The Morgan fingerprint density at radius 2 is 2.32 bits per heavy atom. The second-order valence-electron chi connectivity index (χ2n) is 4.04. The van der Waals surface area contributed by atoms with E-state index in [1.54, 1.807) is 25.1 Å². The van der Waals surface area contributed by atoms with Crippen LogP contribution in [0.15, 0.2) is 28.9 Å². The van der Waals surface area contributed by atoms with E-state index in [-0.39, 0.29) is 12.5 Å². The molecule has 19 heavy (non-hydrogen) atoms. The highest BCUT2D eigenvalue weighted by Crippen LogP contribution is 2.18. The quantitative estimate of drug-likeness (QED) is 0.938. The number of carbonyl (C=O) groups is 1. The molecule has 0 fully saturated rings. The predicted octanol–water partition coefficient (Wildman–Crippen LogP) is 3.04. The van der Waals surface area contributed by atoms with Crippen LogP contribution in [0.3, 0.4) is 0 Å². The lowest BCUT2D eigenvalue weighted by molar-refractivity contribution is 0.0949. The summed E-state index contributed by atoms with van der Waals surface area (Å²) in [6, 6.07) is 4.98. The van der Waals surface area contributed by atoms with Gasteiger partial charge in [-0.15, -0.1) is 0 Å². The van der Waals surface area contributed by atoms with E-state index in [4.69, 9.17) is 16.1 Å². The number of alkyl halides is 1. The molecule has 0 spiro atoms. The summed E-state index contributed by atoms with van der Waals surface area (Å²) in [5, 5.41) is 6.62. The summed E-state index contributed by atoms with van der Waals surface area (Å²) in [6.45, 7) is 1.31. The highest BCUT2D eigenvalue weighted by molar-refractivity contribution is 6.31. The fourth-order valence-corrected chi connectivity index (χ4v) is 1.80. The standard InChI is InChI=1S/C13H12ClFN2O2/c1-8-11(7-17-19-8)13(18)16-6-9-2-3-12(14)10(4-9)5-15/h2-4,7H,5-6H2,1H3,(H,16,18). The van der Waals surface area contributed by atoms with Crippen LogP contribution in [-0.4, -0.2) is 11.1 Å². The van der Waals surface area contributed by atoms with Gasteiger partial charge in [0, 0.05) is 17.1 Å². The van der Waals surface area contributed by atoms with Crippen molar-refractivity contribution >= 4 is 17.5 Å². The minimum Gasteiger partial charge on any atom is -0.361 e. The molecule has 0 saturated heterocycles. The fraction of sp³-hybridized carbons (Fsp3) is 0.231. The molecule has 6 heteroatoms. The monoisotopic (exact) mass is 282 g/mol. The summed E-state index contributed by atoms with van der Waals surface area (Å²) >= 11 is 5.81. The molecule has 4 nitrogen and oxygen atoms in total. The summed E-state index contributed by atoms with van der Waals surface area (Å²) in [7, 11) is 0. The first-order valence-corrected chi connectivity index (χ1v) is 6.02. The summed E-state index contributed by atoms with van der Waals surface area (Å²) in [6.07, 6.45) is 1.36. The maximum atomic E-state index is 12.6. The third-order valence-corrected chi connectivity index (χ3v) is 3.07. The van der Waals surface area contributed by atoms with E-state index in [0.717, 1.165) is 5.56 Å². The number of halogens is 2. The molecule has 0 aliphatic heterocycles. The highest BCUT2D eigenvalue weighted by atomic mass is 35.5. The van der Waals surface area contributed by atoms with Gasteiger partial charge in [0.25, 0.3) is 5.91 Å². The Morgan fingerprint density at radius 3 is 2.95 bits per heavy atom. The fourth-order valence-electron chi connectivity index (χ4n) is 1.63. The first-order chi connectivity index (χ1) is 9.11. The summed E-state index contributed by atoms with van der Waals surface area (Å²) < 4.78 is 17.5. The lowest BCUT2D eigenvalue weighted by atomic mass is 10.1. The van der Waals surface area contributed by atoms with Crippen LogP contribution < -0.4 is 5.32 Å². The van der Waals surface area contributed by atoms with E-state index >= 15 is 0 Å². The maximum absolute atomic E-state index is 12.6. The minimum atomic E-state index is -0.634. The van der Waals surface area contributed by atoms with Gasteiger partial charge >= 0.3 is 0 Å². The molecule has 0 bridgehead atoms. The smallest absolute Gasteiger partial charge is 0.256 e. The zero-order chi connectivity index (χ0) is 13.8. The summed E-state index contributed by atoms with van der Waals surface area (Å²) in [5.74, 6) is 0.175. The van der Waals surface area contributed by atoms with Crippen molar-refractivity contribution in [3.8, 4) is 0 Å². The number of nitrogens with one attached hydrogen (secondary N) is 1. The van der Waals surface area contributed by atoms with Gasteiger partial charge in [0.1, 0.15) is 18.0 Å². The average Bonchev–Trinajstić information content (AvgIpc) is 2.83. The second kappa shape index (κ2) is 5.84. The topological polar surface area (TPSA) is 55.1 Å². The van der Waals surface area contributed by atoms with E-state index < -0.39 is 6.67 Å². The second-order valence-corrected chi connectivity index (χ2v) is 4.44. The summed E-state index contributed by atoms with van der Waals surface area (Å²) in [5.41, 5.74) is 1.58. The molecule has 1 N–H and O–H groups in total. The summed E-state index contributed by atoms with van der Waals surface area (Å²) in [4.78, 5) is 11.8. The number of aromatic nitrogens is 1. The van der Waals surface area contributed by atoms with Crippen molar-refractivity contribution in [3.05, 3.63) is 51.9 Å². The van der Waals surface area contributed by atoms with E-state index in [0.29, 0.717) is 21.9 Å². The third-order valence-electron chi connectivity index (χ3n) is 2.70. The molecule has 1 aromatic carbocycles. The number of hydrogen-bond acceptors (Lipinski definition) is 3. The molecule has 1 amide bonds. The van der Waals surface area contributed by atoms with Crippen LogP contribution in [0.2, 0.25) is 5.02 Å². The number of rotatable bonds is 4. The molecule has 0 aliphatic carbocycles. The lowest BCUT2D eigenvalue weighted by Gasteiger charge is -2.06. The van der Waals surface area contributed by atoms with E-state index in [9.17, 15) is 9.18 Å². The van der Waals surface area contributed by atoms with Crippen molar-refractivity contribution in [2.75, 3.05) is 0 Å². The van der Waals surface area contributed by atoms with Crippen LogP contribution >= 0.6 is 11.6 Å². The molecule has 1 aromatic heterocycles. The van der Waals surface area contributed by atoms with Gasteiger partial charge in [-0.05, 0) is 24.6 Å². The Hall–Kier alpha value is -1.88. The van der Waals surface area contributed by atoms with Gasteiger partial charge in [-0.3, -0.25) is 4.79 Å². The average molecular weight is 283 g/mol.